The second-order valence-electron chi connectivity index (χ2n) is 3.70. The molecule has 0 aliphatic heterocycles. The first kappa shape index (κ1) is 11.4. The Bertz CT molecular complexity index is 263. The van der Waals surface area contributed by atoms with Crippen LogP contribution in [0.3, 0.4) is 0 Å². The van der Waals surface area contributed by atoms with E-state index >= 15 is 0 Å². The number of halogens is 1. The van der Waals surface area contributed by atoms with Crippen molar-refractivity contribution in [1.82, 2.24) is 0 Å². The van der Waals surface area contributed by atoms with E-state index in [9.17, 15) is 0 Å². The zero-order chi connectivity index (χ0) is 10.4. The SMILES string of the molecule is CCCCCCc1cc(N)cc(Cl)c1. The van der Waals surface area contributed by atoms with Crippen LogP contribution in [0.5, 0.6) is 0 Å². The Balaban J connectivity index is 2.42. The molecule has 0 unspecified atom stereocenters. The van der Waals surface area contributed by atoms with Crippen LogP contribution in [0, 0.1) is 0 Å². The minimum atomic E-state index is 0.746. The first-order valence-electron chi connectivity index (χ1n) is 5.27. The fourth-order valence-corrected chi connectivity index (χ4v) is 1.84. The highest BCUT2D eigenvalue weighted by Crippen LogP contribution is 2.18. The summed E-state index contributed by atoms with van der Waals surface area (Å²) in [5.74, 6) is 0. The summed E-state index contributed by atoms with van der Waals surface area (Å²) in [6.07, 6.45) is 6.20. The van der Waals surface area contributed by atoms with Gasteiger partial charge in [-0.3, -0.25) is 0 Å². The van der Waals surface area contributed by atoms with Gasteiger partial charge >= 0.3 is 0 Å². The topological polar surface area (TPSA) is 26.0 Å². The zero-order valence-corrected chi connectivity index (χ0v) is 9.48. The second kappa shape index (κ2) is 5.92. The van der Waals surface area contributed by atoms with Crippen molar-refractivity contribution < 1.29 is 0 Å². The summed E-state index contributed by atoms with van der Waals surface area (Å²) in [7, 11) is 0. The van der Waals surface area contributed by atoms with Crippen molar-refractivity contribution in [3.8, 4) is 0 Å². The van der Waals surface area contributed by atoms with E-state index in [1.807, 2.05) is 12.1 Å². The van der Waals surface area contributed by atoms with Gasteiger partial charge in [0.25, 0.3) is 0 Å². The lowest BCUT2D eigenvalue weighted by atomic mass is 10.1. The summed E-state index contributed by atoms with van der Waals surface area (Å²) in [4.78, 5) is 0. The first-order valence-corrected chi connectivity index (χ1v) is 5.65. The van der Waals surface area contributed by atoms with Crippen molar-refractivity contribution in [3.05, 3.63) is 28.8 Å². The number of nitrogens with two attached hydrogens (primary N) is 1. The van der Waals surface area contributed by atoms with Crippen LogP contribution in [0.15, 0.2) is 18.2 Å². The Hall–Kier alpha value is -0.690. The van der Waals surface area contributed by atoms with Crippen molar-refractivity contribution in [1.29, 1.82) is 0 Å². The van der Waals surface area contributed by atoms with E-state index in [0.717, 1.165) is 17.1 Å². The lowest BCUT2D eigenvalue weighted by Crippen LogP contribution is -1.90. The largest absolute Gasteiger partial charge is 0.399 e. The van der Waals surface area contributed by atoms with E-state index in [2.05, 4.69) is 6.92 Å². The van der Waals surface area contributed by atoms with Crippen LogP contribution in [0.2, 0.25) is 5.02 Å². The van der Waals surface area contributed by atoms with E-state index in [0.29, 0.717) is 0 Å². The molecular formula is C12H18ClN. The van der Waals surface area contributed by atoms with Crippen molar-refractivity contribution >= 4 is 17.3 Å². The Kier molecular flexibility index (Phi) is 4.81. The quantitative estimate of drug-likeness (QED) is 0.577. The summed E-state index contributed by atoms with van der Waals surface area (Å²) in [5.41, 5.74) is 7.73. The van der Waals surface area contributed by atoms with E-state index in [1.54, 1.807) is 6.07 Å². The van der Waals surface area contributed by atoms with Gasteiger partial charge in [0.1, 0.15) is 0 Å². The predicted octanol–water partition coefficient (Wildman–Crippen LogP) is 4.05. The average Bonchev–Trinajstić information content (AvgIpc) is 2.11. The van der Waals surface area contributed by atoms with E-state index < -0.39 is 0 Å². The monoisotopic (exact) mass is 211 g/mol. The molecule has 0 heterocycles. The van der Waals surface area contributed by atoms with Crippen LogP contribution >= 0.6 is 11.6 Å². The van der Waals surface area contributed by atoms with Gasteiger partial charge in [0.15, 0.2) is 0 Å². The standard InChI is InChI=1S/C12H18ClN/c1-2-3-4-5-6-10-7-11(13)9-12(14)8-10/h7-9H,2-6,14H2,1H3. The van der Waals surface area contributed by atoms with Crippen LogP contribution in [0.1, 0.15) is 38.2 Å². The number of anilines is 1. The molecule has 0 aliphatic rings. The molecule has 0 bridgehead atoms. The number of benzene rings is 1. The smallest absolute Gasteiger partial charge is 0.0429 e. The molecule has 2 N–H and O–H groups in total. The van der Waals surface area contributed by atoms with Crippen LogP contribution < -0.4 is 5.73 Å². The fraction of sp³-hybridized carbons (Fsp3) is 0.500. The zero-order valence-electron chi connectivity index (χ0n) is 8.72. The van der Waals surface area contributed by atoms with Gasteiger partial charge in [-0.1, -0.05) is 37.8 Å². The van der Waals surface area contributed by atoms with Crippen LogP contribution in [-0.4, -0.2) is 0 Å². The molecule has 0 radical (unpaired) electrons. The van der Waals surface area contributed by atoms with Crippen molar-refractivity contribution in [2.24, 2.45) is 0 Å². The van der Waals surface area contributed by atoms with Gasteiger partial charge in [0.05, 0.1) is 0 Å². The predicted molar refractivity (Wildman–Crippen MR) is 63.7 cm³/mol. The maximum atomic E-state index is 5.91. The van der Waals surface area contributed by atoms with Gasteiger partial charge in [0.2, 0.25) is 0 Å². The molecule has 14 heavy (non-hydrogen) atoms. The van der Waals surface area contributed by atoms with Crippen LogP contribution in [-0.2, 0) is 6.42 Å². The molecule has 0 fully saturated rings. The van der Waals surface area contributed by atoms with Gasteiger partial charge < -0.3 is 5.73 Å². The van der Waals surface area contributed by atoms with Crippen molar-refractivity contribution in [2.75, 3.05) is 5.73 Å². The molecule has 1 nitrogen and oxygen atoms in total. The summed E-state index contributed by atoms with van der Waals surface area (Å²) < 4.78 is 0. The van der Waals surface area contributed by atoms with Gasteiger partial charge in [-0.05, 0) is 36.6 Å². The van der Waals surface area contributed by atoms with E-state index in [1.165, 1.54) is 31.2 Å². The molecule has 0 aliphatic carbocycles. The average molecular weight is 212 g/mol. The molecule has 0 atom stereocenters. The maximum Gasteiger partial charge on any atom is 0.0429 e. The van der Waals surface area contributed by atoms with Crippen LogP contribution in [0.4, 0.5) is 5.69 Å². The third kappa shape index (κ3) is 4.01. The second-order valence-corrected chi connectivity index (χ2v) is 4.14. The summed E-state index contributed by atoms with van der Waals surface area (Å²) in [6.45, 7) is 2.22. The van der Waals surface area contributed by atoms with Gasteiger partial charge in [0, 0.05) is 10.7 Å². The van der Waals surface area contributed by atoms with Crippen molar-refractivity contribution in [2.45, 2.75) is 39.0 Å². The molecular weight excluding hydrogens is 194 g/mol. The van der Waals surface area contributed by atoms with Crippen molar-refractivity contribution in [3.63, 3.8) is 0 Å². The van der Waals surface area contributed by atoms with Crippen LogP contribution in [0.25, 0.3) is 0 Å². The maximum absolute atomic E-state index is 5.91. The lowest BCUT2D eigenvalue weighted by molar-refractivity contribution is 0.667. The molecule has 0 spiro atoms. The molecule has 2 heteroatoms. The van der Waals surface area contributed by atoms with E-state index in [4.69, 9.17) is 17.3 Å². The number of rotatable bonds is 5. The molecule has 0 aromatic heterocycles. The number of hydrogen-bond donors (Lipinski definition) is 1. The molecule has 1 aromatic carbocycles. The Morgan fingerprint density at radius 3 is 2.57 bits per heavy atom. The molecule has 0 amide bonds. The first-order chi connectivity index (χ1) is 6.72. The number of unbranched alkanes of at least 4 members (excludes halogenated alkanes) is 3. The Morgan fingerprint density at radius 2 is 1.93 bits per heavy atom. The fourth-order valence-electron chi connectivity index (χ4n) is 1.58. The molecule has 0 saturated heterocycles. The van der Waals surface area contributed by atoms with E-state index in [-0.39, 0.29) is 0 Å². The third-order valence-corrected chi connectivity index (χ3v) is 2.52. The molecule has 1 rings (SSSR count). The Morgan fingerprint density at radius 1 is 1.14 bits per heavy atom. The summed E-state index contributed by atoms with van der Waals surface area (Å²) in [5, 5.41) is 0.746. The minimum Gasteiger partial charge on any atom is -0.399 e. The number of hydrogen-bond acceptors (Lipinski definition) is 1. The highest BCUT2D eigenvalue weighted by Gasteiger charge is 1.97. The summed E-state index contributed by atoms with van der Waals surface area (Å²) >= 11 is 5.91. The summed E-state index contributed by atoms with van der Waals surface area (Å²) in [6, 6.07) is 5.80. The molecule has 1 aromatic rings. The number of nitrogen functional groups attached to an aromatic ring is 1. The molecule has 0 saturated carbocycles. The van der Waals surface area contributed by atoms with Gasteiger partial charge in [-0.2, -0.15) is 0 Å². The molecule has 78 valence electrons. The lowest BCUT2D eigenvalue weighted by Gasteiger charge is -2.03. The highest BCUT2D eigenvalue weighted by atomic mass is 35.5. The van der Waals surface area contributed by atoms with Gasteiger partial charge in [-0.15, -0.1) is 0 Å². The third-order valence-electron chi connectivity index (χ3n) is 2.30. The minimum absolute atomic E-state index is 0.746. The van der Waals surface area contributed by atoms with Gasteiger partial charge in [-0.25, -0.2) is 0 Å². The highest BCUT2D eigenvalue weighted by molar-refractivity contribution is 6.30. The number of aryl methyl sites for hydroxylation is 1. The Labute approximate surface area is 91.3 Å². The normalized spacial score (nSPS) is 10.4.